The van der Waals surface area contributed by atoms with E-state index in [4.69, 9.17) is 10.1 Å². The lowest BCUT2D eigenvalue weighted by Gasteiger charge is -2.08. The summed E-state index contributed by atoms with van der Waals surface area (Å²) in [6.45, 7) is 3.01. The predicted molar refractivity (Wildman–Crippen MR) is 114 cm³/mol. The zero-order chi connectivity index (χ0) is 19.4. The first-order chi connectivity index (χ1) is 12.9. The van der Waals surface area contributed by atoms with Gasteiger partial charge in [-0.15, -0.1) is 11.8 Å². The minimum atomic E-state index is -3.73. The van der Waals surface area contributed by atoms with E-state index in [1.807, 2.05) is 0 Å². The molecule has 0 saturated heterocycles. The van der Waals surface area contributed by atoms with Gasteiger partial charge in [0.2, 0.25) is 10.0 Å². The average Bonchev–Trinajstić information content (AvgIpc) is 3.01. The molecule has 0 radical (unpaired) electrons. The van der Waals surface area contributed by atoms with Crippen molar-refractivity contribution in [3.63, 3.8) is 0 Å². The highest BCUT2D eigenvalue weighted by Crippen LogP contribution is 2.29. The molecule has 1 heterocycles. The number of hydrogen-bond acceptors (Lipinski definition) is 5. The summed E-state index contributed by atoms with van der Waals surface area (Å²) in [5, 5.41) is 6.16. The monoisotopic (exact) mass is 421 g/mol. The van der Waals surface area contributed by atoms with Crippen molar-refractivity contribution in [3.05, 3.63) is 48.0 Å². The lowest BCUT2D eigenvalue weighted by Crippen LogP contribution is -2.11. The highest BCUT2D eigenvalue weighted by Gasteiger charge is 2.15. The van der Waals surface area contributed by atoms with Crippen LogP contribution in [0.5, 0.6) is 0 Å². The molecule has 0 spiro atoms. The molecule has 0 amide bonds. The molecule has 27 heavy (non-hydrogen) atoms. The van der Waals surface area contributed by atoms with Crippen LogP contribution in [0, 0.1) is 0 Å². The highest BCUT2D eigenvalue weighted by molar-refractivity contribution is 7.98. The maximum Gasteiger partial charge on any atom is 0.238 e. The first kappa shape index (κ1) is 20.3. The molecule has 3 rings (SSSR count). The van der Waals surface area contributed by atoms with Gasteiger partial charge >= 0.3 is 0 Å². The van der Waals surface area contributed by atoms with E-state index in [0.29, 0.717) is 5.52 Å². The number of nitrogens with zero attached hydrogens (tertiary/aromatic N) is 2. The van der Waals surface area contributed by atoms with Crippen molar-refractivity contribution in [1.29, 1.82) is 0 Å². The van der Waals surface area contributed by atoms with Crippen LogP contribution in [0.25, 0.3) is 11.0 Å². The van der Waals surface area contributed by atoms with Crippen LogP contribution >= 0.6 is 23.5 Å². The Balaban J connectivity index is 1.91. The smallest absolute Gasteiger partial charge is 0.238 e. The maximum absolute atomic E-state index is 11.6. The zero-order valence-electron chi connectivity index (χ0n) is 15.4. The zero-order valence-corrected chi connectivity index (χ0v) is 17.8. The van der Waals surface area contributed by atoms with E-state index in [1.165, 1.54) is 10.5 Å². The number of hydrogen-bond donors (Lipinski definition) is 1. The van der Waals surface area contributed by atoms with Gasteiger partial charge in [0.1, 0.15) is 0 Å². The van der Waals surface area contributed by atoms with E-state index < -0.39 is 10.0 Å². The van der Waals surface area contributed by atoms with Crippen LogP contribution in [-0.4, -0.2) is 24.2 Å². The van der Waals surface area contributed by atoms with Crippen molar-refractivity contribution in [3.8, 4) is 0 Å². The third kappa shape index (κ3) is 4.87. The van der Waals surface area contributed by atoms with Gasteiger partial charge in [0.05, 0.1) is 15.9 Å². The summed E-state index contributed by atoms with van der Waals surface area (Å²) in [6.07, 6.45) is 4.18. The Kier molecular flexibility index (Phi) is 6.52. The van der Waals surface area contributed by atoms with Crippen LogP contribution in [0.2, 0.25) is 0 Å². The molecule has 0 bridgehead atoms. The fourth-order valence-electron chi connectivity index (χ4n) is 2.78. The van der Waals surface area contributed by atoms with E-state index in [0.717, 1.165) is 35.8 Å². The van der Waals surface area contributed by atoms with E-state index in [1.54, 1.807) is 41.7 Å². The van der Waals surface area contributed by atoms with Gasteiger partial charge in [-0.1, -0.05) is 37.2 Å². The predicted octanol–water partition coefficient (Wildman–Crippen LogP) is 4.50. The third-order valence-corrected chi connectivity index (χ3v) is 6.98. The standard InChI is InChI=1S/C19H23N3O2S3/c1-3-4-11-22-18-10-9-16(27(20,23)24)12-17(18)21-19(22)26-13-14-5-7-15(25-2)8-6-14/h5-10,12H,3-4,11,13H2,1-2H3,(H2,20,23,24). The molecule has 0 atom stereocenters. The van der Waals surface area contributed by atoms with Crippen LogP contribution in [0.15, 0.2) is 57.4 Å². The number of aryl methyl sites for hydroxylation is 1. The largest absolute Gasteiger partial charge is 0.319 e. The molecule has 144 valence electrons. The fraction of sp³-hybridized carbons (Fsp3) is 0.316. The molecule has 3 aromatic rings. The van der Waals surface area contributed by atoms with Crippen molar-refractivity contribution in [2.75, 3.05) is 6.26 Å². The number of rotatable bonds is 8. The SMILES string of the molecule is CCCCn1c(SCc2ccc(SC)cc2)nc2cc(S(N)(=O)=O)ccc21. The van der Waals surface area contributed by atoms with Crippen molar-refractivity contribution in [1.82, 2.24) is 9.55 Å². The molecular formula is C19H23N3O2S3. The number of aromatic nitrogens is 2. The summed E-state index contributed by atoms with van der Waals surface area (Å²) in [7, 11) is -3.73. The molecule has 0 aliphatic rings. The lowest BCUT2D eigenvalue weighted by atomic mass is 10.2. The molecule has 0 saturated carbocycles. The summed E-state index contributed by atoms with van der Waals surface area (Å²) in [5.41, 5.74) is 2.84. The molecule has 0 unspecified atom stereocenters. The van der Waals surface area contributed by atoms with Gasteiger partial charge in [0.15, 0.2) is 5.16 Å². The quantitative estimate of drug-likeness (QED) is 0.542. The van der Waals surface area contributed by atoms with E-state index in [-0.39, 0.29) is 4.90 Å². The van der Waals surface area contributed by atoms with Gasteiger partial charge in [0, 0.05) is 17.2 Å². The number of sulfonamides is 1. The molecule has 1 aromatic heterocycles. The van der Waals surface area contributed by atoms with Gasteiger partial charge in [-0.25, -0.2) is 18.5 Å². The molecule has 2 N–H and O–H groups in total. The summed E-state index contributed by atoms with van der Waals surface area (Å²) in [4.78, 5) is 6.03. The number of primary sulfonamides is 1. The first-order valence-corrected chi connectivity index (χ1v) is 12.5. The van der Waals surface area contributed by atoms with Gasteiger partial charge < -0.3 is 4.57 Å². The van der Waals surface area contributed by atoms with Crippen molar-refractivity contribution >= 4 is 44.6 Å². The minimum Gasteiger partial charge on any atom is -0.319 e. The lowest BCUT2D eigenvalue weighted by molar-refractivity contribution is 0.597. The number of fused-ring (bicyclic) bond motifs is 1. The van der Waals surface area contributed by atoms with Crippen LogP contribution in [0.4, 0.5) is 0 Å². The Morgan fingerprint density at radius 2 is 1.89 bits per heavy atom. The van der Waals surface area contributed by atoms with E-state index >= 15 is 0 Å². The van der Waals surface area contributed by atoms with E-state index in [9.17, 15) is 8.42 Å². The molecule has 2 aromatic carbocycles. The van der Waals surface area contributed by atoms with Crippen molar-refractivity contribution < 1.29 is 8.42 Å². The summed E-state index contributed by atoms with van der Waals surface area (Å²) in [5.74, 6) is 0.812. The normalized spacial score (nSPS) is 12.0. The number of nitrogens with two attached hydrogens (primary N) is 1. The Morgan fingerprint density at radius 3 is 2.52 bits per heavy atom. The molecule has 0 aliphatic heterocycles. The van der Waals surface area contributed by atoms with Crippen LogP contribution < -0.4 is 5.14 Å². The van der Waals surface area contributed by atoms with Crippen LogP contribution in [0.1, 0.15) is 25.3 Å². The second-order valence-electron chi connectivity index (χ2n) is 6.23. The Labute approximate surface area is 168 Å². The Bertz CT molecular complexity index is 1030. The van der Waals surface area contributed by atoms with Crippen molar-refractivity contribution in [2.45, 2.75) is 47.0 Å². The first-order valence-electron chi connectivity index (χ1n) is 8.71. The summed E-state index contributed by atoms with van der Waals surface area (Å²) >= 11 is 3.39. The number of benzene rings is 2. The second kappa shape index (κ2) is 8.68. The summed E-state index contributed by atoms with van der Waals surface area (Å²) in [6, 6.07) is 13.4. The topological polar surface area (TPSA) is 78.0 Å². The highest BCUT2D eigenvalue weighted by atomic mass is 32.2. The third-order valence-electron chi connectivity index (χ3n) is 4.28. The van der Waals surface area contributed by atoms with Crippen molar-refractivity contribution in [2.24, 2.45) is 5.14 Å². The van der Waals surface area contributed by atoms with Gasteiger partial charge in [-0.2, -0.15) is 0 Å². The Hall–Kier alpha value is -1.48. The number of unbranched alkanes of at least 4 members (excludes halogenated alkanes) is 1. The van der Waals surface area contributed by atoms with Crippen LogP contribution in [0.3, 0.4) is 0 Å². The molecular weight excluding hydrogens is 398 g/mol. The number of imidazole rings is 1. The van der Waals surface area contributed by atoms with Gasteiger partial charge in [-0.3, -0.25) is 0 Å². The average molecular weight is 422 g/mol. The molecule has 0 aliphatic carbocycles. The fourth-order valence-corrected chi connectivity index (χ4v) is 4.72. The minimum absolute atomic E-state index is 0.0966. The molecule has 5 nitrogen and oxygen atoms in total. The maximum atomic E-state index is 11.6. The van der Waals surface area contributed by atoms with Crippen LogP contribution in [-0.2, 0) is 22.3 Å². The molecule has 0 fully saturated rings. The summed E-state index contributed by atoms with van der Waals surface area (Å²) < 4.78 is 25.5. The van der Waals surface area contributed by atoms with E-state index in [2.05, 4.69) is 42.0 Å². The Morgan fingerprint density at radius 1 is 1.15 bits per heavy atom. The second-order valence-corrected chi connectivity index (χ2v) is 9.62. The number of thioether (sulfide) groups is 2. The molecule has 8 heteroatoms. The van der Waals surface area contributed by atoms with Gasteiger partial charge in [-0.05, 0) is 48.6 Å². The van der Waals surface area contributed by atoms with Gasteiger partial charge in [0.25, 0.3) is 0 Å².